The molecule has 1 aliphatic heterocycles. The van der Waals surface area contributed by atoms with Crippen LogP contribution in [0.5, 0.6) is 0 Å². The summed E-state index contributed by atoms with van der Waals surface area (Å²) in [5.41, 5.74) is 1.36. The molecule has 12 heavy (non-hydrogen) atoms. The Labute approximate surface area is 80.4 Å². The largest absolute Gasteiger partial charge is 0.309 e. The summed E-state index contributed by atoms with van der Waals surface area (Å²) in [4.78, 5) is 0. The van der Waals surface area contributed by atoms with Gasteiger partial charge in [-0.15, -0.1) is 0 Å². The van der Waals surface area contributed by atoms with Crippen LogP contribution in [0.4, 0.5) is 0 Å². The van der Waals surface area contributed by atoms with Gasteiger partial charge in [-0.1, -0.05) is 30.3 Å². The minimum Gasteiger partial charge on any atom is -0.309 e. The van der Waals surface area contributed by atoms with E-state index >= 15 is 0 Å². The van der Waals surface area contributed by atoms with Crippen molar-refractivity contribution in [1.29, 1.82) is 0 Å². The molecule has 1 aromatic carbocycles. The second-order valence-corrected chi connectivity index (χ2v) is 4.62. The molecule has 0 saturated heterocycles. The molecular formula is C9H9NS2. The van der Waals surface area contributed by atoms with Gasteiger partial charge in [0.1, 0.15) is 0 Å². The summed E-state index contributed by atoms with van der Waals surface area (Å²) in [5, 5.41) is 2.10. The van der Waals surface area contributed by atoms with Crippen molar-refractivity contribution >= 4 is 21.8 Å². The molecule has 0 amide bonds. The SMILES string of the molecule is C1=CN(Cc2ccccc2)SS1. The summed E-state index contributed by atoms with van der Waals surface area (Å²) >= 11 is 0. The van der Waals surface area contributed by atoms with Crippen LogP contribution < -0.4 is 0 Å². The van der Waals surface area contributed by atoms with E-state index in [-0.39, 0.29) is 0 Å². The molecule has 0 saturated carbocycles. The van der Waals surface area contributed by atoms with Gasteiger partial charge in [0.25, 0.3) is 0 Å². The predicted molar refractivity (Wildman–Crippen MR) is 56.3 cm³/mol. The van der Waals surface area contributed by atoms with E-state index in [2.05, 4.69) is 40.2 Å². The molecule has 1 aliphatic rings. The molecule has 1 heterocycles. The zero-order valence-electron chi connectivity index (χ0n) is 6.51. The molecule has 62 valence electrons. The van der Waals surface area contributed by atoms with E-state index in [1.807, 2.05) is 6.07 Å². The molecule has 1 nitrogen and oxygen atoms in total. The Kier molecular flexibility index (Phi) is 2.64. The summed E-state index contributed by atoms with van der Waals surface area (Å²) in [6.07, 6.45) is 2.11. The number of benzene rings is 1. The van der Waals surface area contributed by atoms with E-state index in [0.29, 0.717) is 0 Å². The third kappa shape index (κ3) is 1.99. The monoisotopic (exact) mass is 195 g/mol. The Morgan fingerprint density at radius 3 is 2.67 bits per heavy atom. The van der Waals surface area contributed by atoms with Gasteiger partial charge in [0.05, 0.1) is 6.54 Å². The maximum absolute atomic E-state index is 2.22. The van der Waals surface area contributed by atoms with Crippen LogP contribution in [0.2, 0.25) is 0 Å². The van der Waals surface area contributed by atoms with Crippen LogP contribution in [0.25, 0.3) is 0 Å². The van der Waals surface area contributed by atoms with Gasteiger partial charge in [0.15, 0.2) is 0 Å². The van der Waals surface area contributed by atoms with Gasteiger partial charge in [0.2, 0.25) is 0 Å². The zero-order valence-corrected chi connectivity index (χ0v) is 8.15. The van der Waals surface area contributed by atoms with Crippen LogP contribution >= 0.6 is 21.8 Å². The van der Waals surface area contributed by atoms with Crippen LogP contribution in [0.3, 0.4) is 0 Å². The summed E-state index contributed by atoms with van der Waals surface area (Å²) < 4.78 is 2.22. The van der Waals surface area contributed by atoms with E-state index in [1.54, 1.807) is 21.8 Å². The summed E-state index contributed by atoms with van der Waals surface area (Å²) in [6.45, 7) is 0.995. The van der Waals surface area contributed by atoms with Crippen LogP contribution in [0.1, 0.15) is 5.56 Å². The number of rotatable bonds is 2. The minimum absolute atomic E-state index is 0.995. The van der Waals surface area contributed by atoms with Crippen LogP contribution in [0.15, 0.2) is 41.9 Å². The highest BCUT2D eigenvalue weighted by Crippen LogP contribution is 2.34. The molecule has 0 fully saturated rings. The maximum Gasteiger partial charge on any atom is 0.0547 e. The molecule has 3 heteroatoms. The Morgan fingerprint density at radius 2 is 2.00 bits per heavy atom. The van der Waals surface area contributed by atoms with Gasteiger partial charge < -0.3 is 4.31 Å². The molecule has 2 rings (SSSR count). The fourth-order valence-corrected chi connectivity index (χ4v) is 2.72. The summed E-state index contributed by atoms with van der Waals surface area (Å²) in [5.74, 6) is 0. The first kappa shape index (κ1) is 8.08. The first-order valence-corrected chi connectivity index (χ1v) is 5.93. The topological polar surface area (TPSA) is 3.24 Å². The quantitative estimate of drug-likeness (QED) is 0.526. The van der Waals surface area contributed by atoms with Crippen molar-refractivity contribution < 1.29 is 0 Å². The van der Waals surface area contributed by atoms with Gasteiger partial charge in [0, 0.05) is 22.6 Å². The number of hydrogen-bond acceptors (Lipinski definition) is 3. The highest BCUT2D eigenvalue weighted by atomic mass is 33.1. The average molecular weight is 195 g/mol. The smallest absolute Gasteiger partial charge is 0.0547 e. The van der Waals surface area contributed by atoms with Gasteiger partial charge in [-0.25, -0.2) is 0 Å². The fourth-order valence-electron chi connectivity index (χ4n) is 1.04. The minimum atomic E-state index is 0.995. The Balaban J connectivity index is 1.99. The second-order valence-electron chi connectivity index (χ2n) is 2.52. The van der Waals surface area contributed by atoms with Crippen molar-refractivity contribution in [2.75, 3.05) is 0 Å². The Morgan fingerprint density at radius 1 is 1.17 bits per heavy atom. The molecule has 0 N–H and O–H groups in total. The highest BCUT2D eigenvalue weighted by molar-refractivity contribution is 8.77. The summed E-state index contributed by atoms with van der Waals surface area (Å²) in [7, 11) is 3.54. The molecule has 0 radical (unpaired) electrons. The Bertz CT molecular complexity index is 271. The van der Waals surface area contributed by atoms with Crippen molar-refractivity contribution in [3.05, 3.63) is 47.5 Å². The lowest BCUT2D eigenvalue weighted by Gasteiger charge is -2.11. The average Bonchev–Trinajstić information content (AvgIpc) is 2.59. The third-order valence-corrected chi connectivity index (χ3v) is 3.53. The van der Waals surface area contributed by atoms with E-state index < -0.39 is 0 Å². The van der Waals surface area contributed by atoms with Crippen molar-refractivity contribution in [2.45, 2.75) is 6.54 Å². The van der Waals surface area contributed by atoms with Crippen LogP contribution in [-0.4, -0.2) is 4.31 Å². The molecule has 0 aromatic heterocycles. The van der Waals surface area contributed by atoms with Crippen LogP contribution in [-0.2, 0) is 6.54 Å². The van der Waals surface area contributed by atoms with Crippen molar-refractivity contribution in [2.24, 2.45) is 0 Å². The van der Waals surface area contributed by atoms with Crippen molar-refractivity contribution in [3.8, 4) is 0 Å². The molecule has 0 aliphatic carbocycles. The summed E-state index contributed by atoms with van der Waals surface area (Å²) in [6, 6.07) is 10.5. The van der Waals surface area contributed by atoms with E-state index in [4.69, 9.17) is 0 Å². The fraction of sp³-hybridized carbons (Fsp3) is 0.111. The first-order chi connectivity index (χ1) is 5.95. The molecule has 0 spiro atoms. The van der Waals surface area contributed by atoms with Gasteiger partial charge >= 0.3 is 0 Å². The van der Waals surface area contributed by atoms with E-state index in [0.717, 1.165) is 6.54 Å². The second kappa shape index (κ2) is 3.92. The van der Waals surface area contributed by atoms with E-state index in [1.165, 1.54) is 5.56 Å². The van der Waals surface area contributed by atoms with Crippen molar-refractivity contribution in [3.63, 3.8) is 0 Å². The Hall–Kier alpha value is -0.540. The van der Waals surface area contributed by atoms with Gasteiger partial charge in [-0.2, -0.15) is 0 Å². The highest BCUT2D eigenvalue weighted by Gasteiger charge is 2.05. The standard InChI is InChI=1S/C9H9NS2/c1-2-4-9(5-3-1)8-10-6-7-11-12-10/h1-7H,8H2. The predicted octanol–water partition coefficient (Wildman–Crippen LogP) is 3.27. The first-order valence-electron chi connectivity index (χ1n) is 3.76. The molecular weight excluding hydrogens is 186 g/mol. The van der Waals surface area contributed by atoms with Crippen molar-refractivity contribution in [1.82, 2.24) is 4.31 Å². The third-order valence-electron chi connectivity index (χ3n) is 1.60. The van der Waals surface area contributed by atoms with Gasteiger partial charge in [-0.05, 0) is 16.4 Å². The molecule has 0 unspecified atom stereocenters. The lowest BCUT2D eigenvalue weighted by Crippen LogP contribution is -2.02. The van der Waals surface area contributed by atoms with Crippen LogP contribution in [0, 0.1) is 0 Å². The van der Waals surface area contributed by atoms with E-state index in [9.17, 15) is 0 Å². The number of hydrogen-bond donors (Lipinski definition) is 0. The molecule has 1 aromatic rings. The maximum atomic E-state index is 2.22. The lowest BCUT2D eigenvalue weighted by atomic mass is 10.2. The van der Waals surface area contributed by atoms with Gasteiger partial charge in [-0.3, -0.25) is 0 Å². The normalized spacial score (nSPS) is 15.5. The molecule has 0 atom stereocenters. The number of nitrogens with zero attached hydrogens (tertiary/aromatic N) is 1. The zero-order chi connectivity index (χ0) is 8.23. The lowest BCUT2D eigenvalue weighted by molar-refractivity contribution is 0.628. The molecule has 0 bridgehead atoms.